The van der Waals surface area contributed by atoms with Gasteiger partial charge in [-0.1, -0.05) is 0 Å². The largest absolute Gasteiger partial charge is 0.495 e. The molecule has 0 aliphatic carbocycles. The highest BCUT2D eigenvalue weighted by molar-refractivity contribution is 4.91. The summed E-state index contributed by atoms with van der Waals surface area (Å²) in [6.45, 7) is 0.919. The van der Waals surface area contributed by atoms with Crippen LogP contribution >= 0.6 is 0 Å². The molecule has 0 aromatic rings. The van der Waals surface area contributed by atoms with Gasteiger partial charge in [0, 0.05) is 6.54 Å². The molecular weight excluding hydrogens is 90.1 g/mol. The fourth-order valence-corrected chi connectivity index (χ4v) is 0.629. The topological polar surface area (TPSA) is 32.3 Å². The molecule has 0 fully saturated rings. The van der Waals surface area contributed by atoms with Crippen molar-refractivity contribution in [1.29, 1.82) is 0 Å². The smallest absolute Gasteiger partial charge is 0.179 e. The molecule has 0 aromatic heterocycles. The van der Waals surface area contributed by atoms with E-state index in [0.717, 1.165) is 19.4 Å². The number of aliphatic hydroxyl groups excluding tert-OH is 1. The molecule has 7 heavy (non-hydrogen) atoms. The highest BCUT2D eigenvalue weighted by Gasteiger charge is 1.95. The Labute approximate surface area is 42.8 Å². The van der Waals surface area contributed by atoms with Crippen molar-refractivity contribution in [3.8, 4) is 0 Å². The second kappa shape index (κ2) is 1.87. The Morgan fingerprint density at radius 3 is 2.86 bits per heavy atom. The molecule has 1 aliphatic rings. The molecule has 0 radical (unpaired) electrons. The molecule has 1 rings (SSSR count). The van der Waals surface area contributed by atoms with Gasteiger partial charge in [0.15, 0.2) is 5.88 Å². The maximum Gasteiger partial charge on any atom is 0.179 e. The Hall–Kier alpha value is -0.660. The summed E-state index contributed by atoms with van der Waals surface area (Å²) >= 11 is 0. The van der Waals surface area contributed by atoms with Gasteiger partial charge in [0.25, 0.3) is 0 Å². The van der Waals surface area contributed by atoms with Crippen molar-refractivity contribution in [2.24, 2.45) is 0 Å². The zero-order valence-electron chi connectivity index (χ0n) is 4.15. The molecule has 40 valence electrons. The molecule has 0 bridgehead atoms. The second-order valence-corrected chi connectivity index (χ2v) is 1.66. The van der Waals surface area contributed by atoms with Crippen LogP contribution in [-0.4, -0.2) is 11.7 Å². The lowest BCUT2D eigenvalue weighted by atomic mass is 10.2. The van der Waals surface area contributed by atoms with E-state index in [4.69, 9.17) is 5.11 Å². The van der Waals surface area contributed by atoms with E-state index in [9.17, 15) is 0 Å². The van der Waals surface area contributed by atoms with Gasteiger partial charge in [-0.3, -0.25) is 0 Å². The Balaban J connectivity index is 2.40. The van der Waals surface area contributed by atoms with Crippen LogP contribution in [0.3, 0.4) is 0 Å². The fraction of sp³-hybridized carbons (Fsp3) is 0.600. The van der Waals surface area contributed by atoms with Crippen LogP contribution in [0.15, 0.2) is 12.0 Å². The molecule has 0 unspecified atom stereocenters. The minimum atomic E-state index is 0.339. The minimum absolute atomic E-state index is 0.339. The fourth-order valence-electron chi connectivity index (χ4n) is 0.629. The average Bonchev–Trinajstić information content (AvgIpc) is 1.69. The summed E-state index contributed by atoms with van der Waals surface area (Å²) in [5, 5.41) is 11.5. The second-order valence-electron chi connectivity index (χ2n) is 1.66. The molecule has 1 heterocycles. The van der Waals surface area contributed by atoms with Crippen LogP contribution in [0.2, 0.25) is 0 Å². The molecule has 2 heteroatoms. The molecule has 0 atom stereocenters. The zero-order valence-corrected chi connectivity index (χ0v) is 4.15. The Bertz CT molecular complexity index is 88.1. The number of aliphatic hydroxyl groups is 1. The minimum Gasteiger partial charge on any atom is -0.495 e. The third-order valence-corrected chi connectivity index (χ3v) is 1.02. The molecule has 0 saturated heterocycles. The third kappa shape index (κ3) is 1.11. The van der Waals surface area contributed by atoms with Gasteiger partial charge < -0.3 is 10.4 Å². The number of nitrogens with one attached hydrogen (secondary N) is 1. The maximum atomic E-state index is 8.66. The van der Waals surface area contributed by atoms with Gasteiger partial charge in [0.05, 0.1) is 0 Å². The number of hydrogen-bond acceptors (Lipinski definition) is 2. The first-order chi connectivity index (χ1) is 3.39. The van der Waals surface area contributed by atoms with E-state index in [2.05, 4.69) is 5.32 Å². The van der Waals surface area contributed by atoms with E-state index in [-0.39, 0.29) is 0 Å². The van der Waals surface area contributed by atoms with E-state index in [1.165, 1.54) is 0 Å². The van der Waals surface area contributed by atoms with Gasteiger partial charge in [-0.2, -0.15) is 0 Å². The van der Waals surface area contributed by atoms with Crippen molar-refractivity contribution >= 4 is 0 Å². The molecule has 0 spiro atoms. The Morgan fingerprint density at radius 1 is 1.71 bits per heavy atom. The van der Waals surface area contributed by atoms with Crippen LogP contribution in [-0.2, 0) is 0 Å². The summed E-state index contributed by atoms with van der Waals surface area (Å²) < 4.78 is 0. The van der Waals surface area contributed by atoms with E-state index < -0.39 is 0 Å². The monoisotopic (exact) mass is 99.1 g/mol. The van der Waals surface area contributed by atoms with Crippen molar-refractivity contribution in [3.63, 3.8) is 0 Å². The molecule has 2 nitrogen and oxygen atoms in total. The lowest BCUT2D eigenvalue weighted by Crippen LogP contribution is -2.17. The van der Waals surface area contributed by atoms with Gasteiger partial charge in [0.2, 0.25) is 0 Å². The molecular formula is C5H9NO. The maximum absolute atomic E-state index is 8.66. The number of rotatable bonds is 0. The van der Waals surface area contributed by atoms with E-state index in [1.54, 1.807) is 6.08 Å². The standard InChI is InChI=1S/C5H9NO/c7-5-3-1-2-4-6-5/h3,6-7H,1-2,4H2. The molecule has 1 aliphatic heterocycles. The third-order valence-electron chi connectivity index (χ3n) is 1.02. The number of allylic oxidation sites excluding steroid dienone is 1. The average molecular weight is 99.1 g/mol. The van der Waals surface area contributed by atoms with E-state index >= 15 is 0 Å². The van der Waals surface area contributed by atoms with Gasteiger partial charge in [0.1, 0.15) is 0 Å². The van der Waals surface area contributed by atoms with Gasteiger partial charge in [-0.05, 0) is 18.9 Å². The first kappa shape index (κ1) is 4.50. The Morgan fingerprint density at radius 2 is 2.57 bits per heavy atom. The van der Waals surface area contributed by atoms with Crippen LogP contribution in [0.25, 0.3) is 0 Å². The van der Waals surface area contributed by atoms with Crippen LogP contribution in [0.5, 0.6) is 0 Å². The molecule has 0 amide bonds. The zero-order chi connectivity index (χ0) is 5.11. The highest BCUT2D eigenvalue weighted by atomic mass is 16.3. The van der Waals surface area contributed by atoms with Gasteiger partial charge in [-0.25, -0.2) is 0 Å². The normalized spacial score (nSPS) is 20.3. The van der Waals surface area contributed by atoms with E-state index in [1.807, 2.05) is 0 Å². The summed E-state index contributed by atoms with van der Waals surface area (Å²) in [6, 6.07) is 0. The van der Waals surface area contributed by atoms with Crippen LogP contribution < -0.4 is 5.32 Å². The van der Waals surface area contributed by atoms with Crippen molar-refractivity contribution in [2.45, 2.75) is 12.8 Å². The van der Waals surface area contributed by atoms with Crippen molar-refractivity contribution < 1.29 is 5.11 Å². The summed E-state index contributed by atoms with van der Waals surface area (Å²) in [4.78, 5) is 0. The molecule has 0 aromatic carbocycles. The number of hydrogen-bond donors (Lipinski definition) is 2. The predicted octanol–water partition coefficient (Wildman–Crippen LogP) is 0.769. The lowest BCUT2D eigenvalue weighted by molar-refractivity contribution is 0.350. The van der Waals surface area contributed by atoms with E-state index in [0.29, 0.717) is 5.88 Å². The summed E-state index contributed by atoms with van der Waals surface area (Å²) in [7, 11) is 0. The first-order valence-corrected chi connectivity index (χ1v) is 2.52. The summed E-state index contributed by atoms with van der Waals surface area (Å²) in [5.41, 5.74) is 0. The molecule has 0 saturated carbocycles. The first-order valence-electron chi connectivity index (χ1n) is 2.52. The molecule has 2 N–H and O–H groups in total. The summed E-state index contributed by atoms with van der Waals surface area (Å²) in [6.07, 6.45) is 3.95. The van der Waals surface area contributed by atoms with Crippen LogP contribution in [0.4, 0.5) is 0 Å². The van der Waals surface area contributed by atoms with Gasteiger partial charge >= 0.3 is 0 Å². The van der Waals surface area contributed by atoms with Crippen LogP contribution in [0.1, 0.15) is 12.8 Å². The quantitative estimate of drug-likeness (QED) is 0.470. The summed E-state index contributed by atoms with van der Waals surface area (Å²) in [5.74, 6) is 0.339. The van der Waals surface area contributed by atoms with Gasteiger partial charge in [-0.15, -0.1) is 0 Å². The SMILES string of the molecule is OC1=CCCCN1. The highest BCUT2D eigenvalue weighted by Crippen LogP contribution is 1.98. The Kier molecular flexibility index (Phi) is 1.20. The van der Waals surface area contributed by atoms with Crippen molar-refractivity contribution in [3.05, 3.63) is 12.0 Å². The van der Waals surface area contributed by atoms with Crippen LogP contribution in [0, 0.1) is 0 Å². The lowest BCUT2D eigenvalue weighted by Gasteiger charge is -2.07. The van der Waals surface area contributed by atoms with Crippen molar-refractivity contribution in [2.75, 3.05) is 6.54 Å². The van der Waals surface area contributed by atoms with Crippen molar-refractivity contribution in [1.82, 2.24) is 5.32 Å². The predicted molar refractivity (Wildman–Crippen MR) is 27.9 cm³/mol.